The van der Waals surface area contributed by atoms with Crippen molar-refractivity contribution in [2.24, 2.45) is 0 Å². The average molecular weight is 198 g/mol. The second-order valence-electron chi connectivity index (χ2n) is 2.46. The van der Waals surface area contributed by atoms with Crippen LogP contribution in [0.2, 0.25) is 0 Å². The first-order valence-electron chi connectivity index (χ1n) is 3.60. The van der Waals surface area contributed by atoms with Gasteiger partial charge in [-0.3, -0.25) is 4.79 Å². The monoisotopic (exact) mass is 198 g/mol. The third-order valence-electron chi connectivity index (χ3n) is 1.30. The van der Waals surface area contributed by atoms with Crippen LogP contribution in [0.1, 0.15) is 6.92 Å². The first-order chi connectivity index (χ1) is 5.70. The van der Waals surface area contributed by atoms with Crippen molar-refractivity contribution in [3.8, 4) is 0 Å². The van der Waals surface area contributed by atoms with Crippen LogP contribution in [0.25, 0.3) is 0 Å². The molecule has 0 aliphatic carbocycles. The van der Waals surface area contributed by atoms with Crippen molar-refractivity contribution >= 4 is 30.2 Å². The number of carbonyl (C=O) groups is 1. The second-order valence-corrected chi connectivity index (χ2v) is 3.96. The van der Waals surface area contributed by atoms with Crippen molar-refractivity contribution in [1.29, 1.82) is 0 Å². The van der Waals surface area contributed by atoms with E-state index in [1.165, 1.54) is 11.8 Å². The van der Waals surface area contributed by atoms with Crippen molar-refractivity contribution < 1.29 is 4.79 Å². The summed E-state index contributed by atoms with van der Waals surface area (Å²) in [5, 5.41) is 0. The summed E-state index contributed by atoms with van der Waals surface area (Å²) in [5.74, 6) is 0.717. The molecule has 1 nitrogen and oxygen atoms in total. The molecule has 0 unspecified atom stereocenters. The molecule has 0 amide bonds. The standard InChI is InChI=1S/C9H10OS2/c1-7(10)6-12-9-5-3-2-4-8(9)11/h2-5,11H,6H2,1H3. The van der Waals surface area contributed by atoms with E-state index < -0.39 is 0 Å². The molecule has 0 bridgehead atoms. The smallest absolute Gasteiger partial charge is 0.140 e. The van der Waals surface area contributed by atoms with Gasteiger partial charge in [-0.15, -0.1) is 24.4 Å². The molecule has 12 heavy (non-hydrogen) atoms. The van der Waals surface area contributed by atoms with E-state index in [4.69, 9.17) is 0 Å². The molecule has 0 heterocycles. The van der Waals surface area contributed by atoms with E-state index in [1.807, 2.05) is 24.3 Å². The van der Waals surface area contributed by atoms with E-state index in [2.05, 4.69) is 12.6 Å². The van der Waals surface area contributed by atoms with Crippen LogP contribution >= 0.6 is 24.4 Å². The first-order valence-corrected chi connectivity index (χ1v) is 5.03. The summed E-state index contributed by atoms with van der Waals surface area (Å²) in [6.07, 6.45) is 0. The van der Waals surface area contributed by atoms with Crippen molar-refractivity contribution in [3.05, 3.63) is 24.3 Å². The molecule has 0 atom stereocenters. The zero-order valence-corrected chi connectivity index (χ0v) is 8.49. The Balaban J connectivity index is 2.63. The van der Waals surface area contributed by atoms with Crippen LogP contribution in [0, 0.1) is 0 Å². The zero-order valence-electron chi connectivity index (χ0n) is 6.78. The van der Waals surface area contributed by atoms with Gasteiger partial charge >= 0.3 is 0 Å². The van der Waals surface area contributed by atoms with E-state index in [1.54, 1.807) is 6.92 Å². The highest BCUT2D eigenvalue weighted by Gasteiger charge is 1.99. The fourth-order valence-corrected chi connectivity index (χ4v) is 1.86. The van der Waals surface area contributed by atoms with Gasteiger partial charge in [0.1, 0.15) is 5.78 Å². The maximum absolute atomic E-state index is 10.7. The van der Waals surface area contributed by atoms with Gasteiger partial charge in [-0.1, -0.05) is 12.1 Å². The number of Topliss-reactive ketones (excluding diaryl/α,β-unsaturated/α-hetero) is 1. The summed E-state index contributed by atoms with van der Waals surface area (Å²) in [6.45, 7) is 1.59. The van der Waals surface area contributed by atoms with Gasteiger partial charge in [0, 0.05) is 9.79 Å². The molecule has 0 aliphatic heterocycles. The molecule has 64 valence electrons. The fourth-order valence-electron chi connectivity index (χ4n) is 0.759. The number of thiol groups is 1. The number of hydrogen-bond acceptors (Lipinski definition) is 3. The highest BCUT2D eigenvalue weighted by molar-refractivity contribution is 8.00. The molecule has 0 aromatic heterocycles. The molecule has 0 radical (unpaired) electrons. The number of thioether (sulfide) groups is 1. The van der Waals surface area contributed by atoms with Gasteiger partial charge < -0.3 is 0 Å². The Labute approximate surface area is 82.0 Å². The maximum Gasteiger partial charge on any atom is 0.140 e. The lowest BCUT2D eigenvalue weighted by molar-refractivity contribution is -0.114. The third-order valence-corrected chi connectivity index (χ3v) is 3.06. The average Bonchev–Trinajstić information content (AvgIpc) is 2.03. The van der Waals surface area contributed by atoms with Crippen molar-refractivity contribution in [3.63, 3.8) is 0 Å². The molecule has 0 N–H and O–H groups in total. The number of benzene rings is 1. The lowest BCUT2D eigenvalue weighted by Gasteiger charge is -2.01. The van der Waals surface area contributed by atoms with Gasteiger partial charge in [-0.2, -0.15) is 0 Å². The largest absolute Gasteiger partial charge is 0.299 e. The molecule has 0 fully saturated rings. The molecule has 0 spiro atoms. The summed E-state index contributed by atoms with van der Waals surface area (Å²) in [4.78, 5) is 12.7. The molecule has 0 aliphatic rings. The van der Waals surface area contributed by atoms with Crippen molar-refractivity contribution in [2.75, 3.05) is 5.75 Å². The van der Waals surface area contributed by atoms with Crippen LogP contribution < -0.4 is 0 Å². The Morgan fingerprint density at radius 3 is 2.75 bits per heavy atom. The predicted octanol–water partition coefficient (Wildman–Crippen LogP) is 2.66. The Bertz CT molecular complexity index is 284. The maximum atomic E-state index is 10.7. The number of ketones is 1. The van der Waals surface area contributed by atoms with Gasteiger partial charge in [0.2, 0.25) is 0 Å². The van der Waals surface area contributed by atoms with Gasteiger partial charge in [0.05, 0.1) is 5.75 Å². The molecular weight excluding hydrogens is 188 g/mol. The lowest BCUT2D eigenvalue weighted by Crippen LogP contribution is -1.92. The van der Waals surface area contributed by atoms with Crippen LogP contribution in [0.3, 0.4) is 0 Å². The topological polar surface area (TPSA) is 17.1 Å². The highest BCUT2D eigenvalue weighted by Crippen LogP contribution is 2.24. The van der Waals surface area contributed by atoms with Crippen LogP contribution in [0.5, 0.6) is 0 Å². The van der Waals surface area contributed by atoms with Gasteiger partial charge in [-0.25, -0.2) is 0 Å². The van der Waals surface area contributed by atoms with Crippen LogP contribution in [-0.2, 0) is 4.79 Å². The Morgan fingerprint density at radius 2 is 2.17 bits per heavy atom. The van der Waals surface area contributed by atoms with E-state index in [-0.39, 0.29) is 5.78 Å². The van der Waals surface area contributed by atoms with Crippen molar-refractivity contribution in [2.45, 2.75) is 16.7 Å². The van der Waals surface area contributed by atoms with Gasteiger partial charge in [-0.05, 0) is 19.1 Å². The minimum Gasteiger partial charge on any atom is -0.299 e. The molecule has 1 aromatic rings. The Kier molecular flexibility index (Phi) is 3.69. The van der Waals surface area contributed by atoms with Crippen molar-refractivity contribution in [1.82, 2.24) is 0 Å². The van der Waals surface area contributed by atoms with Crippen LogP contribution in [0.4, 0.5) is 0 Å². The molecule has 3 heteroatoms. The summed E-state index contributed by atoms with van der Waals surface area (Å²) in [6, 6.07) is 7.77. The SMILES string of the molecule is CC(=O)CSc1ccccc1S. The quantitative estimate of drug-likeness (QED) is 0.594. The predicted molar refractivity (Wildman–Crippen MR) is 55.1 cm³/mol. The minimum absolute atomic E-state index is 0.191. The Hall–Kier alpha value is -0.410. The summed E-state index contributed by atoms with van der Waals surface area (Å²) >= 11 is 5.80. The van der Waals surface area contributed by atoms with Gasteiger partial charge in [0.25, 0.3) is 0 Å². The fraction of sp³-hybridized carbons (Fsp3) is 0.222. The number of carbonyl (C=O) groups excluding carboxylic acids is 1. The summed E-state index contributed by atoms with van der Waals surface area (Å²) < 4.78 is 0. The van der Waals surface area contributed by atoms with Crippen LogP contribution in [-0.4, -0.2) is 11.5 Å². The van der Waals surface area contributed by atoms with Crippen LogP contribution in [0.15, 0.2) is 34.1 Å². The number of hydrogen-bond donors (Lipinski definition) is 1. The highest BCUT2D eigenvalue weighted by atomic mass is 32.2. The zero-order chi connectivity index (χ0) is 8.97. The summed E-state index contributed by atoms with van der Waals surface area (Å²) in [7, 11) is 0. The number of rotatable bonds is 3. The first kappa shape index (κ1) is 9.68. The van der Waals surface area contributed by atoms with E-state index in [9.17, 15) is 4.79 Å². The molecule has 0 saturated heterocycles. The molecule has 0 saturated carbocycles. The molecule has 1 aromatic carbocycles. The van der Waals surface area contributed by atoms with E-state index in [0.717, 1.165) is 9.79 Å². The van der Waals surface area contributed by atoms with E-state index in [0.29, 0.717) is 5.75 Å². The Morgan fingerprint density at radius 1 is 1.50 bits per heavy atom. The summed E-state index contributed by atoms with van der Waals surface area (Å²) in [5.41, 5.74) is 0. The normalized spacial score (nSPS) is 9.83. The lowest BCUT2D eigenvalue weighted by atomic mass is 10.4. The second kappa shape index (κ2) is 4.58. The van der Waals surface area contributed by atoms with E-state index >= 15 is 0 Å². The van der Waals surface area contributed by atoms with Gasteiger partial charge in [0.15, 0.2) is 0 Å². The minimum atomic E-state index is 0.191. The molecular formula is C9H10OS2. The third kappa shape index (κ3) is 2.91. The molecule has 1 rings (SSSR count).